The third kappa shape index (κ3) is 3.18. The third-order valence-electron chi connectivity index (χ3n) is 3.84. The molecule has 1 aliphatic rings. The van der Waals surface area contributed by atoms with Crippen LogP contribution in [0.4, 0.5) is 0 Å². The van der Waals surface area contributed by atoms with Crippen molar-refractivity contribution in [2.45, 2.75) is 31.4 Å². The van der Waals surface area contributed by atoms with Crippen LogP contribution in [0, 0.1) is 11.8 Å². The molecule has 0 heterocycles. The largest absolute Gasteiger partial charge is 0.481 e. The topological polar surface area (TPSA) is 54.4 Å². The highest BCUT2D eigenvalue weighted by atomic mass is 32.1. The van der Waals surface area contributed by atoms with E-state index >= 15 is 0 Å². The number of carbonyl (C=O) groups excluding carboxylic acids is 1. The molecule has 19 heavy (non-hydrogen) atoms. The zero-order chi connectivity index (χ0) is 13.8. The molecule has 102 valence electrons. The van der Waals surface area contributed by atoms with Crippen molar-refractivity contribution in [2.75, 3.05) is 0 Å². The van der Waals surface area contributed by atoms with Gasteiger partial charge in [0.1, 0.15) is 0 Å². The van der Waals surface area contributed by atoms with Crippen LogP contribution in [-0.4, -0.2) is 16.9 Å². The smallest absolute Gasteiger partial charge is 0.307 e. The lowest BCUT2D eigenvalue weighted by Gasteiger charge is -2.27. The fourth-order valence-corrected chi connectivity index (χ4v) is 2.94. The maximum absolute atomic E-state index is 12.4. The van der Waals surface area contributed by atoms with Gasteiger partial charge >= 0.3 is 5.97 Å². The Morgan fingerprint density at radius 2 is 1.68 bits per heavy atom. The van der Waals surface area contributed by atoms with Crippen molar-refractivity contribution >= 4 is 24.4 Å². The molecular formula is C15H18O3S. The minimum absolute atomic E-state index is 0.0298. The molecule has 0 spiro atoms. The van der Waals surface area contributed by atoms with Crippen LogP contribution in [0.2, 0.25) is 0 Å². The van der Waals surface area contributed by atoms with Gasteiger partial charge in [0.2, 0.25) is 0 Å². The number of Topliss-reactive ketones (excluding diaryl/α,β-unsaturated/α-hetero) is 1. The predicted octanol–water partition coefficient (Wildman–Crippen LogP) is 3.19. The molecule has 3 nitrogen and oxygen atoms in total. The maximum Gasteiger partial charge on any atom is 0.307 e. The summed E-state index contributed by atoms with van der Waals surface area (Å²) < 4.78 is 0. The van der Waals surface area contributed by atoms with E-state index in [1.54, 1.807) is 12.1 Å². The van der Waals surface area contributed by atoms with Gasteiger partial charge in [-0.3, -0.25) is 9.59 Å². The summed E-state index contributed by atoms with van der Waals surface area (Å²) >= 11 is 4.18. The molecule has 1 aliphatic carbocycles. The Balaban J connectivity index is 2.18. The molecule has 0 aliphatic heterocycles. The Bertz CT molecular complexity index is 467. The molecular weight excluding hydrogens is 260 g/mol. The average Bonchev–Trinajstić information content (AvgIpc) is 2.46. The lowest BCUT2D eigenvalue weighted by Crippen LogP contribution is -2.32. The van der Waals surface area contributed by atoms with Crippen molar-refractivity contribution < 1.29 is 14.7 Å². The number of benzene rings is 1. The maximum atomic E-state index is 12.4. The minimum Gasteiger partial charge on any atom is -0.481 e. The van der Waals surface area contributed by atoms with Crippen LogP contribution < -0.4 is 0 Å². The standard InChI is InChI=1S/C15H18O3S/c16-14(11-7-5-10(9-19)6-8-11)12-3-1-2-4-13(12)15(17)18/h5-8,12-13,19H,1-4,9H2,(H,17,18). The zero-order valence-corrected chi connectivity index (χ0v) is 11.6. The van der Waals surface area contributed by atoms with Crippen LogP contribution in [0.5, 0.6) is 0 Å². The second kappa shape index (κ2) is 6.24. The number of rotatable bonds is 4. The minimum atomic E-state index is -0.843. The van der Waals surface area contributed by atoms with Crippen molar-refractivity contribution in [2.24, 2.45) is 11.8 Å². The SMILES string of the molecule is O=C(O)C1CCCCC1C(=O)c1ccc(CS)cc1. The highest BCUT2D eigenvalue weighted by Crippen LogP contribution is 2.32. The number of carbonyl (C=O) groups is 2. The summed E-state index contributed by atoms with van der Waals surface area (Å²) in [6, 6.07) is 7.31. The van der Waals surface area contributed by atoms with E-state index in [0.717, 1.165) is 18.4 Å². The number of aliphatic carboxylic acids is 1. The fraction of sp³-hybridized carbons (Fsp3) is 0.467. The van der Waals surface area contributed by atoms with E-state index in [2.05, 4.69) is 12.6 Å². The van der Waals surface area contributed by atoms with E-state index in [1.165, 1.54) is 0 Å². The fourth-order valence-electron chi connectivity index (χ4n) is 2.73. The van der Waals surface area contributed by atoms with Gasteiger partial charge in [-0.2, -0.15) is 12.6 Å². The van der Waals surface area contributed by atoms with Crippen LogP contribution in [0.1, 0.15) is 41.6 Å². The van der Waals surface area contributed by atoms with E-state index in [4.69, 9.17) is 0 Å². The van der Waals surface area contributed by atoms with Crippen molar-refractivity contribution in [3.8, 4) is 0 Å². The van der Waals surface area contributed by atoms with Gasteiger partial charge in [-0.1, -0.05) is 37.1 Å². The van der Waals surface area contributed by atoms with Gasteiger partial charge in [0.25, 0.3) is 0 Å². The Hall–Kier alpha value is -1.29. The summed E-state index contributed by atoms with van der Waals surface area (Å²) in [6.45, 7) is 0. The van der Waals surface area contributed by atoms with Crippen molar-refractivity contribution in [1.29, 1.82) is 0 Å². The normalized spacial score (nSPS) is 23.0. The summed E-state index contributed by atoms with van der Waals surface area (Å²) in [5, 5.41) is 9.22. The first-order chi connectivity index (χ1) is 9.13. The lowest BCUT2D eigenvalue weighted by atomic mass is 9.75. The summed E-state index contributed by atoms with van der Waals surface area (Å²) in [6.07, 6.45) is 3.14. The molecule has 4 heteroatoms. The molecule has 1 aromatic carbocycles. The van der Waals surface area contributed by atoms with E-state index < -0.39 is 11.9 Å². The van der Waals surface area contributed by atoms with Crippen molar-refractivity contribution in [3.63, 3.8) is 0 Å². The lowest BCUT2D eigenvalue weighted by molar-refractivity contribution is -0.144. The molecule has 2 atom stereocenters. The Labute approximate surface area is 118 Å². The first kappa shape index (κ1) is 14.1. The highest BCUT2D eigenvalue weighted by molar-refractivity contribution is 7.79. The Kier molecular flexibility index (Phi) is 4.64. The molecule has 2 rings (SSSR count). The number of hydrogen-bond acceptors (Lipinski definition) is 3. The molecule has 1 saturated carbocycles. The van der Waals surface area contributed by atoms with Crippen LogP contribution in [0.3, 0.4) is 0 Å². The van der Waals surface area contributed by atoms with Crippen LogP contribution >= 0.6 is 12.6 Å². The molecule has 1 N–H and O–H groups in total. The highest BCUT2D eigenvalue weighted by Gasteiger charge is 2.35. The van der Waals surface area contributed by atoms with Crippen molar-refractivity contribution in [1.82, 2.24) is 0 Å². The second-order valence-corrected chi connectivity index (χ2v) is 5.37. The van der Waals surface area contributed by atoms with E-state index in [9.17, 15) is 14.7 Å². The van der Waals surface area contributed by atoms with Crippen molar-refractivity contribution in [3.05, 3.63) is 35.4 Å². The van der Waals surface area contributed by atoms with Crippen LogP contribution in [0.15, 0.2) is 24.3 Å². The van der Waals surface area contributed by atoms with E-state index in [1.807, 2.05) is 12.1 Å². The molecule has 2 unspecified atom stereocenters. The second-order valence-electron chi connectivity index (χ2n) is 5.05. The van der Waals surface area contributed by atoms with Gasteiger partial charge < -0.3 is 5.11 Å². The molecule has 0 bridgehead atoms. The number of thiol groups is 1. The van der Waals surface area contributed by atoms with Gasteiger partial charge in [0.05, 0.1) is 5.92 Å². The summed E-state index contributed by atoms with van der Waals surface area (Å²) in [7, 11) is 0. The third-order valence-corrected chi connectivity index (χ3v) is 4.21. The first-order valence-electron chi connectivity index (χ1n) is 6.60. The molecule has 1 aromatic rings. The number of hydrogen-bond donors (Lipinski definition) is 2. The molecule has 0 radical (unpaired) electrons. The summed E-state index contributed by atoms with van der Waals surface area (Å²) in [5.74, 6) is -1.13. The van der Waals surface area contributed by atoms with Crippen LogP contribution in [-0.2, 0) is 10.5 Å². The zero-order valence-electron chi connectivity index (χ0n) is 10.7. The summed E-state index contributed by atoms with van der Waals surface area (Å²) in [5.41, 5.74) is 1.67. The molecule has 1 fully saturated rings. The number of carboxylic acid groups (broad SMARTS) is 1. The number of carboxylic acids is 1. The Morgan fingerprint density at radius 1 is 1.11 bits per heavy atom. The van der Waals surface area contributed by atoms with Gasteiger partial charge in [-0.15, -0.1) is 0 Å². The quantitative estimate of drug-likeness (QED) is 0.657. The predicted molar refractivity (Wildman–Crippen MR) is 76.5 cm³/mol. The van der Waals surface area contributed by atoms with Gasteiger partial charge in [0.15, 0.2) is 5.78 Å². The molecule has 0 saturated heterocycles. The Morgan fingerprint density at radius 3 is 2.21 bits per heavy atom. The monoisotopic (exact) mass is 278 g/mol. The summed E-state index contributed by atoms with van der Waals surface area (Å²) in [4.78, 5) is 23.7. The van der Waals surface area contributed by atoms with Crippen LogP contribution in [0.25, 0.3) is 0 Å². The molecule has 0 amide bonds. The average molecular weight is 278 g/mol. The van der Waals surface area contributed by atoms with Gasteiger partial charge in [-0.05, 0) is 18.4 Å². The molecule has 0 aromatic heterocycles. The van der Waals surface area contributed by atoms with E-state index in [-0.39, 0.29) is 11.7 Å². The van der Waals surface area contributed by atoms with Gasteiger partial charge in [-0.25, -0.2) is 0 Å². The van der Waals surface area contributed by atoms with E-state index in [0.29, 0.717) is 24.2 Å². The first-order valence-corrected chi connectivity index (χ1v) is 7.23. The number of ketones is 1. The van der Waals surface area contributed by atoms with Gasteiger partial charge in [0, 0.05) is 17.2 Å².